The molecular weight excluding hydrogens is 455 g/mol. The van der Waals surface area contributed by atoms with Gasteiger partial charge in [0, 0.05) is 44.5 Å². The molecule has 3 heterocycles. The fraction of sp³-hybridized carbons (Fsp3) is 0.381. The van der Waals surface area contributed by atoms with E-state index >= 15 is 0 Å². The topological polar surface area (TPSA) is 129 Å². The Morgan fingerprint density at radius 1 is 1.24 bits per heavy atom. The van der Waals surface area contributed by atoms with Crippen LogP contribution in [0.5, 0.6) is 5.75 Å². The van der Waals surface area contributed by atoms with E-state index in [2.05, 4.69) is 5.32 Å². The molecule has 2 amide bonds. The van der Waals surface area contributed by atoms with E-state index in [-0.39, 0.29) is 44.0 Å². The minimum absolute atomic E-state index is 0.00750. The van der Waals surface area contributed by atoms with Gasteiger partial charge in [0.1, 0.15) is 11.4 Å². The van der Waals surface area contributed by atoms with Gasteiger partial charge in [-0.1, -0.05) is 12.1 Å². The van der Waals surface area contributed by atoms with E-state index in [1.807, 2.05) is 0 Å². The zero-order valence-electron chi connectivity index (χ0n) is 18.0. The number of nitrogens with one attached hydrogen (secondary N) is 1. The number of hydrogen-bond donors (Lipinski definition) is 2. The molecule has 10 nitrogen and oxygen atoms in total. The van der Waals surface area contributed by atoms with E-state index in [1.165, 1.54) is 25.9 Å². The van der Waals surface area contributed by atoms with Gasteiger partial charge in [0.2, 0.25) is 15.5 Å². The summed E-state index contributed by atoms with van der Waals surface area (Å²) >= 11 is 0. The van der Waals surface area contributed by atoms with Crippen molar-refractivity contribution in [1.82, 2.24) is 19.1 Å². The molecule has 0 spiro atoms. The Balaban J connectivity index is 1.69. The number of benzene rings is 1. The molecule has 2 N–H and O–H groups in total. The van der Waals surface area contributed by atoms with Crippen molar-refractivity contribution in [2.75, 3.05) is 32.4 Å². The number of nitrogens with zero attached hydrogens (tertiary/aromatic N) is 3. The fourth-order valence-corrected chi connectivity index (χ4v) is 4.98. The van der Waals surface area contributed by atoms with Crippen LogP contribution in [-0.2, 0) is 16.6 Å². The number of carbonyl (C=O) groups excluding carboxylic acids is 2. The van der Waals surface area contributed by atoms with E-state index in [0.29, 0.717) is 5.56 Å². The van der Waals surface area contributed by atoms with Crippen LogP contribution in [-0.4, -0.2) is 71.5 Å². The Morgan fingerprint density at radius 3 is 2.64 bits per heavy atom. The third kappa shape index (κ3) is 4.23. The van der Waals surface area contributed by atoms with Crippen LogP contribution < -0.4 is 10.7 Å². The zero-order chi connectivity index (χ0) is 24.1. The van der Waals surface area contributed by atoms with Gasteiger partial charge >= 0.3 is 0 Å². The summed E-state index contributed by atoms with van der Waals surface area (Å²) in [5.74, 6) is -2.86. The second kappa shape index (κ2) is 8.27. The molecule has 2 bridgehead atoms. The highest BCUT2D eigenvalue weighted by molar-refractivity contribution is 7.88. The van der Waals surface area contributed by atoms with Crippen LogP contribution >= 0.6 is 0 Å². The molecule has 176 valence electrons. The summed E-state index contributed by atoms with van der Waals surface area (Å²) in [6.07, 6.45) is 2.22. The molecule has 1 fully saturated rings. The van der Waals surface area contributed by atoms with Crippen molar-refractivity contribution >= 4 is 21.8 Å². The maximum Gasteiger partial charge on any atom is 0.274 e. The van der Waals surface area contributed by atoms with Gasteiger partial charge in [0.15, 0.2) is 11.4 Å². The smallest absolute Gasteiger partial charge is 0.274 e. The number of pyridine rings is 1. The maximum atomic E-state index is 14.1. The van der Waals surface area contributed by atoms with Gasteiger partial charge < -0.3 is 19.9 Å². The third-order valence-corrected chi connectivity index (χ3v) is 7.19. The van der Waals surface area contributed by atoms with Crippen LogP contribution in [0.2, 0.25) is 0 Å². The molecule has 1 atom stereocenters. The first-order chi connectivity index (χ1) is 15.5. The summed E-state index contributed by atoms with van der Waals surface area (Å²) in [5, 5.41) is 13.0. The number of sulfonamides is 1. The molecular formula is C21H23FN4O6S. The average molecular weight is 479 g/mol. The highest BCUT2D eigenvalue weighted by atomic mass is 32.2. The lowest BCUT2D eigenvalue weighted by molar-refractivity contribution is 0.0685. The first-order valence-electron chi connectivity index (χ1n) is 10.2. The van der Waals surface area contributed by atoms with Crippen molar-refractivity contribution in [3.8, 4) is 5.75 Å². The summed E-state index contributed by atoms with van der Waals surface area (Å²) < 4.78 is 40.8. The number of halogens is 1. The van der Waals surface area contributed by atoms with Crippen LogP contribution in [0.1, 0.15) is 38.0 Å². The number of aromatic hydroxyl groups is 1. The van der Waals surface area contributed by atoms with Crippen molar-refractivity contribution in [3.05, 3.63) is 62.8 Å². The van der Waals surface area contributed by atoms with Gasteiger partial charge in [-0.3, -0.25) is 14.4 Å². The Kier molecular flexibility index (Phi) is 5.74. The molecule has 4 rings (SSSR count). The molecule has 1 saturated heterocycles. The SMILES string of the molecule is Cc1ccc(CNC(=O)c2cn3c(c(O)c2=O)C(=O)N2CCN(S(C)(=O)=O)CC3C2)c(F)c1. The van der Waals surface area contributed by atoms with Crippen LogP contribution in [0.3, 0.4) is 0 Å². The molecule has 1 unspecified atom stereocenters. The number of amides is 2. The standard InChI is InChI=1S/C21H23FN4O6S/c1-12-3-4-13(16(22)7-12)8-23-20(29)15-11-26-14-9-24(5-6-25(10-14)33(2,31)32)21(30)17(26)19(28)18(15)27/h3-4,7,11,14,28H,5-6,8-10H2,1-2H3,(H,23,29). The molecule has 0 saturated carbocycles. The van der Waals surface area contributed by atoms with Crippen molar-refractivity contribution in [2.24, 2.45) is 0 Å². The number of aryl methyl sites for hydroxylation is 1. The molecule has 2 aromatic rings. The molecule has 33 heavy (non-hydrogen) atoms. The van der Waals surface area contributed by atoms with E-state index < -0.39 is 50.4 Å². The first kappa shape index (κ1) is 22.9. The van der Waals surface area contributed by atoms with Gasteiger partial charge in [0.25, 0.3) is 11.8 Å². The number of fused-ring (bicyclic) bond motifs is 4. The van der Waals surface area contributed by atoms with Crippen LogP contribution in [0.15, 0.2) is 29.2 Å². The largest absolute Gasteiger partial charge is 0.503 e. The number of hydrogen-bond acceptors (Lipinski definition) is 6. The van der Waals surface area contributed by atoms with Gasteiger partial charge in [-0.2, -0.15) is 4.31 Å². The molecule has 2 aliphatic heterocycles. The van der Waals surface area contributed by atoms with Crippen LogP contribution in [0.4, 0.5) is 4.39 Å². The van der Waals surface area contributed by atoms with Gasteiger partial charge in [0.05, 0.1) is 12.3 Å². The van der Waals surface area contributed by atoms with Gasteiger partial charge in [-0.15, -0.1) is 0 Å². The fourth-order valence-electron chi connectivity index (χ4n) is 4.12. The normalized spacial score (nSPS) is 18.6. The summed E-state index contributed by atoms with van der Waals surface area (Å²) in [5.41, 5.74) is -0.815. The van der Waals surface area contributed by atoms with Gasteiger partial charge in [-0.25, -0.2) is 12.8 Å². The zero-order valence-corrected chi connectivity index (χ0v) is 18.9. The van der Waals surface area contributed by atoms with Crippen molar-refractivity contribution in [3.63, 3.8) is 0 Å². The second-order valence-electron chi connectivity index (χ2n) is 8.28. The van der Waals surface area contributed by atoms with E-state index in [0.717, 1.165) is 12.5 Å². The predicted molar refractivity (Wildman–Crippen MR) is 116 cm³/mol. The Bertz CT molecular complexity index is 1320. The van der Waals surface area contributed by atoms with E-state index in [9.17, 15) is 32.3 Å². The summed E-state index contributed by atoms with van der Waals surface area (Å²) in [4.78, 5) is 39.7. The average Bonchev–Trinajstić information content (AvgIpc) is 2.94. The lowest BCUT2D eigenvalue weighted by Crippen LogP contribution is -2.45. The highest BCUT2D eigenvalue weighted by Gasteiger charge is 2.39. The predicted octanol–water partition coefficient (Wildman–Crippen LogP) is 0.204. The minimum atomic E-state index is -3.56. The number of aromatic nitrogens is 1. The van der Waals surface area contributed by atoms with E-state index in [4.69, 9.17) is 0 Å². The first-order valence-corrected chi connectivity index (χ1v) is 12.1. The van der Waals surface area contributed by atoms with Crippen molar-refractivity contribution in [1.29, 1.82) is 0 Å². The van der Waals surface area contributed by atoms with Crippen LogP contribution in [0, 0.1) is 12.7 Å². The molecule has 1 aromatic heterocycles. The molecule has 0 radical (unpaired) electrons. The van der Waals surface area contributed by atoms with Crippen molar-refractivity contribution in [2.45, 2.75) is 19.5 Å². The van der Waals surface area contributed by atoms with E-state index in [1.54, 1.807) is 13.0 Å². The van der Waals surface area contributed by atoms with Gasteiger partial charge in [-0.05, 0) is 18.6 Å². The molecule has 12 heteroatoms. The summed E-state index contributed by atoms with van der Waals surface area (Å²) in [6.45, 7) is 1.90. The second-order valence-corrected chi connectivity index (χ2v) is 10.3. The Labute approximate surface area is 189 Å². The third-order valence-electron chi connectivity index (χ3n) is 5.92. The maximum absolute atomic E-state index is 14.1. The summed E-state index contributed by atoms with van der Waals surface area (Å²) in [6, 6.07) is 3.90. The molecule has 2 aliphatic rings. The quantitative estimate of drug-likeness (QED) is 0.646. The minimum Gasteiger partial charge on any atom is -0.503 e. The van der Waals surface area contributed by atoms with Crippen molar-refractivity contribution < 1.29 is 27.5 Å². The highest BCUT2D eigenvalue weighted by Crippen LogP contribution is 2.29. The molecule has 1 aromatic carbocycles. The Morgan fingerprint density at radius 2 is 1.97 bits per heavy atom. The summed E-state index contributed by atoms with van der Waals surface area (Å²) in [7, 11) is -3.56. The number of rotatable bonds is 4. The number of carbonyl (C=O) groups is 2. The Hall–Kier alpha value is -3.25. The lowest BCUT2D eigenvalue weighted by Gasteiger charge is -2.34. The monoisotopic (exact) mass is 478 g/mol. The lowest BCUT2D eigenvalue weighted by atomic mass is 10.1. The van der Waals surface area contributed by atoms with Crippen LogP contribution in [0.25, 0.3) is 0 Å². The molecule has 0 aliphatic carbocycles.